The second-order valence-corrected chi connectivity index (χ2v) is 8.03. The summed E-state index contributed by atoms with van der Waals surface area (Å²) in [6, 6.07) is 3.93. The van der Waals surface area contributed by atoms with Crippen LogP contribution in [0.3, 0.4) is 0 Å². The van der Waals surface area contributed by atoms with Crippen LogP contribution in [-0.2, 0) is 0 Å². The van der Waals surface area contributed by atoms with E-state index in [2.05, 4.69) is 26.1 Å². The summed E-state index contributed by atoms with van der Waals surface area (Å²) in [7, 11) is 0. The van der Waals surface area contributed by atoms with Crippen molar-refractivity contribution in [3.05, 3.63) is 27.2 Å². The zero-order valence-corrected chi connectivity index (χ0v) is 15.2. The maximum absolute atomic E-state index is 6.25. The van der Waals surface area contributed by atoms with Crippen molar-refractivity contribution in [3.8, 4) is 0 Å². The van der Waals surface area contributed by atoms with Gasteiger partial charge in [-0.15, -0.1) is 0 Å². The third kappa shape index (κ3) is 4.21. The van der Waals surface area contributed by atoms with E-state index in [1.54, 1.807) is 12.1 Å². The summed E-state index contributed by atoms with van der Waals surface area (Å²) in [5, 5.41) is 5.29. The Bertz CT molecular complexity index is 468. The highest BCUT2D eigenvalue weighted by Crippen LogP contribution is 2.42. The monoisotopic (exact) mass is 347 g/mol. The van der Waals surface area contributed by atoms with Crippen LogP contribution >= 0.6 is 34.8 Å². The van der Waals surface area contributed by atoms with Crippen LogP contribution in [0.4, 0.5) is 5.69 Å². The van der Waals surface area contributed by atoms with E-state index >= 15 is 0 Å². The largest absolute Gasteiger partial charge is 0.380 e. The summed E-state index contributed by atoms with van der Waals surface area (Å²) in [6.07, 6.45) is 6.11. The quantitative estimate of drug-likeness (QED) is 0.614. The summed E-state index contributed by atoms with van der Waals surface area (Å²) < 4.78 is 0. The topological polar surface area (TPSA) is 12.0 Å². The van der Waals surface area contributed by atoms with Crippen molar-refractivity contribution in [1.29, 1.82) is 0 Å². The number of halogens is 3. The number of nitrogens with one attached hydrogen (secondary N) is 1. The number of anilines is 1. The van der Waals surface area contributed by atoms with Crippen molar-refractivity contribution in [3.63, 3.8) is 0 Å². The molecule has 0 aliphatic heterocycles. The molecule has 1 fully saturated rings. The van der Waals surface area contributed by atoms with E-state index < -0.39 is 0 Å². The molecule has 1 aromatic carbocycles. The summed E-state index contributed by atoms with van der Waals surface area (Å²) >= 11 is 18.4. The fraction of sp³-hybridized carbons (Fsp3) is 0.647. The summed E-state index contributed by atoms with van der Waals surface area (Å²) in [6.45, 7) is 7.06. The third-order valence-corrected chi connectivity index (χ3v) is 5.91. The molecule has 0 amide bonds. The first kappa shape index (κ1) is 17.2. The van der Waals surface area contributed by atoms with Gasteiger partial charge in [0.1, 0.15) is 0 Å². The van der Waals surface area contributed by atoms with Gasteiger partial charge in [-0.25, -0.2) is 0 Å². The van der Waals surface area contributed by atoms with Crippen molar-refractivity contribution in [1.82, 2.24) is 0 Å². The van der Waals surface area contributed by atoms with E-state index in [9.17, 15) is 0 Å². The number of hydrogen-bond donors (Lipinski definition) is 1. The molecule has 0 unspecified atom stereocenters. The lowest BCUT2D eigenvalue weighted by atomic mass is 9.69. The molecule has 21 heavy (non-hydrogen) atoms. The van der Waals surface area contributed by atoms with E-state index in [1.165, 1.54) is 32.1 Å². The van der Waals surface area contributed by atoms with Crippen LogP contribution < -0.4 is 5.32 Å². The molecule has 0 atom stereocenters. The van der Waals surface area contributed by atoms with E-state index in [0.29, 0.717) is 26.5 Å². The minimum atomic E-state index is 0.445. The predicted octanol–water partition coefficient (Wildman–Crippen LogP) is 7.05. The molecular formula is C17H24Cl3N. The van der Waals surface area contributed by atoms with Crippen LogP contribution in [-0.4, -0.2) is 6.04 Å². The van der Waals surface area contributed by atoms with Crippen LogP contribution in [0.5, 0.6) is 0 Å². The highest BCUT2D eigenvalue weighted by molar-refractivity contribution is 6.41. The minimum Gasteiger partial charge on any atom is -0.380 e. The van der Waals surface area contributed by atoms with Crippen LogP contribution in [0.2, 0.25) is 15.1 Å². The van der Waals surface area contributed by atoms with Crippen molar-refractivity contribution < 1.29 is 0 Å². The van der Waals surface area contributed by atoms with Crippen molar-refractivity contribution in [2.45, 2.75) is 58.9 Å². The average molecular weight is 349 g/mol. The molecule has 0 saturated heterocycles. The van der Waals surface area contributed by atoms with Crippen molar-refractivity contribution >= 4 is 40.5 Å². The van der Waals surface area contributed by atoms with E-state index in [-0.39, 0.29) is 0 Å². The normalized spacial score (nSPS) is 23.1. The Balaban J connectivity index is 1.98. The zero-order valence-electron chi connectivity index (χ0n) is 13.0. The average Bonchev–Trinajstić information content (AvgIpc) is 2.43. The molecule has 0 spiro atoms. The lowest BCUT2D eigenvalue weighted by molar-refractivity contribution is 0.147. The van der Waals surface area contributed by atoms with Gasteiger partial charge in [0.05, 0.1) is 15.7 Å². The Hall–Kier alpha value is -0.110. The minimum absolute atomic E-state index is 0.445. The fourth-order valence-electron chi connectivity index (χ4n) is 3.19. The van der Waals surface area contributed by atoms with Gasteiger partial charge in [0.25, 0.3) is 0 Å². The summed E-state index contributed by atoms with van der Waals surface area (Å²) in [5.41, 5.74) is 1.27. The Labute approximate surface area is 143 Å². The first-order valence-electron chi connectivity index (χ1n) is 7.74. The number of rotatable bonds is 4. The molecule has 118 valence electrons. The third-order valence-electron chi connectivity index (χ3n) is 5.10. The van der Waals surface area contributed by atoms with E-state index in [0.717, 1.165) is 11.6 Å². The summed E-state index contributed by atoms with van der Waals surface area (Å²) in [4.78, 5) is 0. The van der Waals surface area contributed by atoms with Crippen LogP contribution in [0.15, 0.2) is 12.1 Å². The number of hydrogen-bond acceptors (Lipinski definition) is 1. The molecule has 1 aliphatic carbocycles. The Morgan fingerprint density at radius 2 is 1.57 bits per heavy atom. The van der Waals surface area contributed by atoms with Crippen molar-refractivity contribution in [2.24, 2.45) is 11.3 Å². The predicted molar refractivity (Wildman–Crippen MR) is 94.9 cm³/mol. The first-order chi connectivity index (χ1) is 9.83. The molecule has 1 nitrogen and oxygen atoms in total. The highest BCUT2D eigenvalue weighted by atomic mass is 35.5. The Morgan fingerprint density at radius 3 is 2.05 bits per heavy atom. The van der Waals surface area contributed by atoms with Gasteiger partial charge in [-0.05, 0) is 49.1 Å². The Kier molecular flexibility index (Phi) is 5.73. The van der Waals surface area contributed by atoms with E-state index in [4.69, 9.17) is 34.8 Å². The molecule has 0 heterocycles. The van der Waals surface area contributed by atoms with Gasteiger partial charge >= 0.3 is 0 Å². The molecule has 0 bridgehead atoms. The maximum atomic E-state index is 6.25. The summed E-state index contributed by atoms with van der Waals surface area (Å²) in [5.74, 6) is 0.816. The second kappa shape index (κ2) is 6.98. The molecule has 1 N–H and O–H groups in total. The smallest absolute Gasteiger partial charge is 0.0722 e. The molecular weight excluding hydrogens is 325 g/mol. The van der Waals surface area contributed by atoms with Gasteiger partial charge in [-0.3, -0.25) is 0 Å². The molecule has 1 aliphatic rings. The standard InChI is InChI=1S/C17H24Cl3N/c1-4-17(2,3)11-5-7-13(8-6-11)21-16-14(19)9-12(18)10-15(16)20/h9-11,13,21H,4-8H2,1-3H3. The van der Waals surface area contributed by atoms with Crippen LogP contribution in [0.25, 0.3) is 0 Å². The molecule has 1 saturated carbocycles. The highest BCUT2D eigenvalue weighted by Gasteiger charge is 2.32. The van der Waals surface area contributed by atoms with Gasteiger partial charge in [0.2, 0.25) is 0 Å². The van der Waals surface area contributed by atoms with Gasteiger partial charge < -0.3 is 5.32 Å². The molecule has 4 heteroatoms. The molecule has 2 rings (SSSR count). The van der Waals surface area contributed by atoms with E-state index in [1.807, 2.05) is 0 Å². The molecule has 1 aromatic rings. The lowest BCUT2D eigenvalue weighted by Crippen LogP contribution is -2.32. The first-order valence-corrected chi connectivity index (χ1v) is 8.88. The van der Waals surface area contributed by atoms with Crippen LogP contribution in [0, 0.1) is 11.3 Å². The van der Waals surface area contributed by atoms with Crippen molar-refractivity contribution in [2.75, 3.05) is 5.32 Å². The molecule has 0 aromatic heterocycles. The van der Waals surface area contributed by atoms with Gasteiger partial charge in [0, 0.05) is 11.1 Å². The van der Waals surface area contributed by atoms with Gasteiger partial charge in [-0.2, -0.15) is 0 Å². The van der Waals surface area contributed by atoms with Gasteiger partial charge in [-0.1, -0.05) is 62.0 Å². The fourth-order valence-corrected chi connectivity index (χ4v) is 4.12. The lowest BCUT2D eigenvalue weighted by Gasteiger charge is -2.39. The second-order valence-electron chi connectivity index (χ2n) is 6.78. The van der Waals surface area contributed by atoms with Crippen LogP contribution in [0.1, 0.15) is 52.9 Å². The molecule has 0 radical (unpaired) electrons. The maximum Gasteiger partial charge on any atom is 0.0722 e. The zero-order chi connectivity index (χ0) is 15.6. The Morgan fingerprint density at radius 1 is 1.05 bits per heavy atom. The van der Waals surface area contributed by atoms with Gasteiger partial charge in [0.15, 0.2) is 0 Å². The SMILES string of the molecule is CCC(C)(C)C1CCC(Nc2c(Cl)cc(Cl)cc2Cl)CC1. The number of benzene rings is 1.